The van der Waals surface area contributed by atoms with Crippen LogP contribution in [0.2, 0.25) is 0 Å². The lowest BCUT2D eigenvalue weighted by molar-refractivity contribution is -0.119. The van der Waals surface area contributed by atoms with E-state index in [1.807, 2.05) is 6.26 Å². The van der Waals surface area contributed by atoms with Crippen LogP contribution in [-0.4, -0.2) is 47.6 Å². The number of amides is 2. The number of carbonyl (C=O) groups excluding carboxylic acids is 2. The second kappa shape index (κ2) is 8.00. The molecule has 1 aromatic heterocycles. The van der Waals surface area contributed by atoms with E-state index < -0.39 is 18.0 Å². The molecule has 7 nitrogen and oxygen atoms in total. The van der Waals surface area contributed by atoms with Crippen molar-refractivity contribution in [3.8, 4) is 10.6 Å². The Bertz CT molecular complexity index is 830. The summed E-state index contributed by atoms with van der Waals surface area (Å²) in [5, 5.41) is 12.0. The van der Waals surface area contributed by atoms with E-state index in [4.69, 9.17) is 4.74 Å². The monoisotopic (exact) mass is 396 g/mol. The van der Waals surface area contributed by atoms with Crippen LogP contribution in [0, 0.1) is 5.82 Å². The molecule has 1 N–H and O–H groups in total. The number of thioether (sulfide) groups is 1. The SMILES string of the molecule is CSCc1nnc(-c2ccc(N3C[C@H](CNC(C)=O)OC3=O)cc2F)s1. The third kappa shape index (κ3) is 4.13. The second-order valence-electron chi connectivity index (χ2n) is 5.65. The number of benzene rings is 1. The summed E-state index contributed by atoms with van der Waals surface area (Å²) in [7, 11) is 0. The number of aromatic nitrogens is 2. The molecule has 2 heterocycles. The van der Waals surface area contributed by atoms with Crippen molar-refractivity contribution in [1.82, 2.24) is 15.5 Å². The van der Waals surface area contributed by atoms with E-state index in [1.165, 1.54) is 29.2 Å². The van der Waals surface area contributed by atoms with E-state index in [0.717, 1.165) is 10.8 Å². The van der Waals surface area contributed by atoms with Crippen molar-refractivity contribution in [2.45, 2.75) is 18.8 Å². The van der Waals surface area contributed by atoms with E-state index in [2.05, 4.69) is 15.5 Å². The third-order valence-corrected chi connectivity index (χ3v) is 5.38. The van der Waals surface area contributed by atoms with Crippen LogP contribution < -0.4 is 10.2 Å². The smallest absolute Gasteiger partial charge is 0.414 e. The number of carbonyl (C=O) groups is 2. The molecule has 10 heteroatoms. The number of nitrogens with one attached hydrogen (secondary N) is 1. The van der Waals surface area contributed by atoms with Crippen molar-refractivity contribution in [2.24, 2.45) is 0 Å². The summed E-state index contributed by atoms with van der Waals surface area (Å²) in [6.07, 6.45) is 0.933. The van der Waals surface area contributed by atoms with Crippen LogP contribution in [0.25, 0.3) is 10.6 Å². The van der Waals surface area contributed by atoms with E-state index in [9.17, 15) is 14.0 Å². The standard InChI is InChI=1S/C16H17FN4O3S2/c1-9(22)18-6-11-7-21(16(23)24-11)10-3-4-12(13(17)5-10)15-20-19-14(26-15)8-25-2/h3-5,11H,6-8H2,1-2H3,(H,18,22)/t11-/m0/s1. The fraction of sp³-hybridized carbons (Fsp3) is 0.375. The van der Waals surface area contributed by atoms with Gasteiger partial charge in [0.1, 0.15) is 16.9 Å². The zero-order chi connectivity index (χ0) is 18.7. The summed E-state index contributed by atoms with van der Waals surface area (Å²) < 4.78 is 19.8. The fourth-order valence-electron chi connectivity index (χ4n) is 2.49. The van der Waals surface area contributed by atoms with Crippen LogP contribution in [0.4, 0.5) is 14.9 Å². The minimum atomic E-state index is -0.564. The van der Waals surface area contributed by atoms with Gasteiger partial charge < -0.3 is 10.1 Å². The molecule has 138 valence electrons. The number of nitrogens with zero attached hydrogens (tertiary/aromatic N) is 3. The number of rotatable bonds is 6. The second-order valence-corrected chi connectivity index (χ2v) is 7.58. The van der Waals surface area contributed by atoms with Gasteiger partial charge in [-0.25, -0.2) is 9.18 Å². The Kier molecular flexibility index (Phi) is 5.72. The van der Waals surface area contributed by atoms with Gasteiger partial charge in [0.25, 0.3) is 0 Å². The molecule has 3 rings (SSSR count). The van der Waals surface area contributed by atoms with Gasteiger partial charge in [0.05, 0.1) is 18.8 Å². The Balaban J connectivity index is 1.74. The summed E-state index contributed by atoms with van der Waals surface area (Å²) in [5.74, 6) is 0.0485. The maximum absolute atomic E-state index is 14.6. The Hall–Kier alpha value is -2.20. The normalized spacial score (nSPS) is 16.7. The first kappa shape index (κ1) is 18.6. The van der Waals surface area contributed by atoms with Crippen LogP contribution in [0.5, 0.6) is 0 Å². The molecule has 1 aromatic carbocycles. The quantitative estimate of drug-likeness (QED) is 0.808. The van der Waals surface area contributed by atoms with Crippen LogP contribution in [0.15, 0.2) is 18.2 Å². The molecule has 0 saturated carbocycles. The first-order valence-electron chi connectivity index (χ1n) is 7.81. The molecule has 1 atom stereocenters. The summed E-state index contributed by atoms with van der Waals surface area (Å²) >= 11 is 2.97. The van der Waals surface area contributed by atoms with Gasteiger partial charge in [0.15, 0.2) is 5.01 Å². The highest BCUT2D eigenvalue weighted by Crippen LogP contribution is 2.31. The molecule has 2 amide bonds. The first-order chi connectivity index (χ1) is 12.5. The highest BCUT2D eigenvalue weighted by Gasteiger charge is 2.32. The molecule has 26 heavy (non-hydrogen) atoms. The topological polar surface area (TPSA) is 84.4 Å². The molecule has 0 radical (unpaired) electrons. The van der Waals surface area contributed by atoms with Crippen LogP contribution >= 0.6 is 23.1 Å². The summed E-state index contributed by atoms with van der Waals surface area (Å²) in [6, 6.07) is 4.52. The van der Waals surface area contributed by atoms with Crippen molar-refractivity contribution >= 4 is 40.8 Å². The summed E-state index contributed by atoms with van der Waals surface area (Å²) in [6.45, 7) is 1.86. The number of hydrogen-bond acceptors (Lipinski definition) is 7. The molecule has 0 spiro atoms. The molecule has 0 unspecified atom stereocenters. The van der Waals surface area contributed by atoms with Crippen LogP contribution in [-0.2, 0) is 15.3 Å². The van der Waals surface area contributed by atoms with E-state index in [-0.39, 0.29) is 19.0 Å². The molecule has 1 aliphatic rings. The Morgan fingerprint density at radius 2 is 2.31 bits per heavy atom. The molecule has 0 aliphatic carbocycles. The van der Waals surface area contributed by atoms with Gasteiger partial charge in [-0.05, 0) is 24.5 Å². The molecule has 2 aromatic rings. The Morgan fingerprint density at radius 1 is 1.50 bits per heavy atom. The molecule has 1 aliphatic heterocycles. The minimum Gasteiger partial charge on any atom is -0.442 e. The third-order valence-electron chi connectivity index (χ3n) is 3.68. The van der Waals surface area contributed by atoms with E-state index in [1.54, 1.807) is 23.9 Å². The molecule has 1 saturated heterocycles. The number of ether oxygens (including phenoxy) is 1. The average molecular weight is 396 g/mol. The fourth-order valence-corrected chi connectivity index (χ4v) is 4.04. The Morgan fingerprint density at radius 3 is 3.00 bits per heavy atom. The average Bonchev–Trinajstić information content (AvgIpc) is 3.20. The first-order valence-corrected chi connectivity index (χ1v) is 10.0. The maximum Gasteiger partial charge on any atom is 0.414 e. The van der Waals surface area contributed by atoms with Crippen molar-refractivity contribution in [2.75, 3.05) is 24.2 Å². The van der Waals surface area contributed by atoms with Gasteiger partial charge in [-0.15, -0.1) is 10.2 Å². The van der Waals surface area contributed by atoms with Gasteiger partial charge in [-0.1, -0.05) is 11.3 Å². The van der Waals surface area contributed by atoms with Gasteiger partial charge >= 0.3 is 6.09 Å². The van der Waals surface area contributed by atoms with Crippen LogP contribution in [0.3, 0.4) is 0 Å². The summed E-state index contributed by atoms with van der Waals surface area (Å²) in [5.41, 5.74) is 0.747. The number of hydrogen-bond donors (Lipinski definition) is 1. The van der Waals surface area contributed by atoms with Gasteiger partial charge in [-0.3, -0.25) is 9.69 Å². The van der Waals surface area contributed by atoms with Gasteiger partial charge in [0, 0.05) is 18.2 Å². The molecular formula is C16H17FN4O3S2. The van der Waals surface area contributed by atoms with E-state index in [0.29, 0.717) is 16.3 Å². The number of halogens is 1. The summed E-state index contributed by atoms with van der Waals surface area (Å²) in [4.78, 5) is 24.3. The zero-order valence-electron chi connectivity index (χ0n) is 14.2. The lowest BCUT2D eigenvalue weighted by Crippen LogP contribution is -2.33. The highest BCUT2D eigenvalue weighted by atomic mass is 32.2. The highest BCUT2D eigenvalue weighted by molar-refractivity contribution is 7.97. The minimum absolute atomic E-state index is 0.201. The van der Waals surface area contributed by atoms with Crippen molar-refractivity contribution in [3.05, 3.63) is 29.0 Å². The maximum atomic E-state index is 14.6. The molecular weight excluding hydrogens is 379 g/mol. The lowest BCUT2D eigenvalue weighted by Gasteiger charge is -2.14. The van der Waals surface area contributed by atoms with Crippen LogP contribution in [0.1, 0.15) is 11.9 Å². The number of cyclic esters (lactones) is 1. The lowest BCUT2D eigenvalue weighted by atomic mass is 10.2. The predicted molar refractivity (Wildman–Crippen MR) is 98.8 cm³/mol. The molecule has 0 bridgehead atoms. The Labute approximate surface area is 157 Å². The van der Waals surface area contributed by atoms with E-state index >= 15 is 0 Å². The molecule has 1 fully saturated rings. The van der Waals surface area contributed by atoms with Crippen molar-refractivity contribution < 1.29 is 18.7 Å². The van der Waals surface area contributed by atoms with Crippen molar-refractivity contribution in [1.29, 1.82) is 0 Å². The van der Waals surface area contributed by atoms with Gasteiger partial charge in [0.2, 0.25) is 5.91 Å². The van der Waals surface area contributed by atoms with Crippen molar-refractivity contribution in [3.63, 3.8) is 0 Å². The zero-order valence-corrected chi connectivity index (χ0v) is 15.8. The van der Waals surface area contributed by atoms with Gasteiger partial charge in [-0.2, -0.15) is 11.8 Å². The number of anilines is 1. The largest absolute Gasteiger partial charge is 0.442 e. The predicted octanol–water partition coefficient (Wildman–Crippen LogP) is 2.67.